The molecule has 0 aliphatic heterocycles. The summed E-state index contributed by atoms with van der Waals surface area (Å²) in [6.07, 6.45) is 2.66. The Balaban J connectivity index is 2.19. The minimum Gasteiger partial charge on any atom is -0.354 e. The second-order valence-corrected chi connectivity index (χ2v) is 5.25. The molecule has 2 aromatic rings. The number of nitrogens with one attached hydrogen (secondary N) is 2. The molecule has 6 heteroatoms. The van der Waals surface area contributed by atoms with Gasteiger partial charge in [0.05, 0.1) is 4.47 Å². The molecule has 1 aromatic heterocycles. The van der Waals surface area contributed by atoms with E-state index in [4.69, 9.17) is 0 Å². The molecule has 0 saturated heterocycles. The van der Waals surface area contributed by atoms with E-state index in [1.165, 1.54) is 6.07 Å². The van der Waals surface area contributed by atoms with Crippen LogP contribution in [0.1, 0.15) is 18.9 Å². The Hall–Kier alpha value is -1.69. The van der Waals surface area contributed by atoms with Crippen molar-refractivity contribution >= 4 is 33.4 Å². The lowest BCUT2D eigenvalue weighted by Crippen LogP contribution is -2.05. The van der Waals surface area contributed by atoms with Gasteiger partial charge >= 0.3 is 0 Å². The second kappa shape index (κ2) is 6.65. The number of hydrogen-bond acceptors (Lipinski definition) is 4. The fourth-order valence-electron chi connectivity index (χ4n) is 1.67. The summed E-state index contributed by atoms with van der Waals surface area (Å²) in [7, 11) is 0. The topological polar surface area (TPSA) is 49.8 Å². The zero-order chi connectivity index (χ0) is 14.5. The fraction of sp³-hybridized carbons (Fsp3) is 0.286. The molecule has 0 atom stereocenters. The quantitative estimate of drug-likeness (QED) is 0.855. The van der Waals surface area contributed by atoms with Crippen LogP contribution in [0.25, 0.3) is 0 Å². The molecule has 0 aliphatic rings. The highest BCUT2D eigenvalue weighted by atomic mass is 79.9. The summed E-state index contributed by atoms with van der Waals surface area (Å²) >= 11 is 3.17. The maximum Gasteiger partial charge on any atom is 0.224 e. The summed E-state index contributed by atoms with van der Waals surface area (Å²) in [5.41, 5.74) is 1.62. The zero-order valence-electron chi connectivity index (χ0n) is 11.4. The van der Waals surface area contributed by atoms with E-state index < -0.39 is 0 Å². The van der Waals surface area contributed by atoms with Gasteiger partial charge in [-0.2, -0.15) is 4.98 Å². The minimum atomic E-state index is -0.309. The second-order valence-electron chi connectivity index (χ2n) is 4.40. The fourth-order valence-corrected chi connectivity index (χ4v) is 2.13. The van der Waals surface area contributed by atoms with E-state index in [1.807, 2.05) is 6.92 Å². The van der Waals surface area contributed by atoms with E-state index in [1.54, 1.807) is 18.3 Å². The first-order valence-electron chi connectivity index (χ1n) is 6.39. The number of benzene rings is 1. The number of aromatic nitrogens is 2. The molecule has 2 rings (SSSR count). The van der Waals surface area contributed by atoms with Crippen LogP contribution in [-0.2, 0) is 0 Å². The molecule has 106 valence electrons. The molecule has 2 N–H and O–H groups in total. The molecular weight excluding hydrogens is 323 g/mol. The molecule has 0 radical (unpaired) electrons. The predicted molar refractivity (Wildman–Crippen MR) is 82.9 cm³/mol. The van der Waals surface area contributed by atoms with Crippen LogP contribution in [0.2, 0.25) is 0 Å². The predicted octanol–water partition coefficient (Wildman–Crippen LogP) is 4.25. The van der Waals surface area contributed by atoms with E-state index in [9.17, 15) is 4.39 Å². The van der Waals surface area contributed by atoms with Crippen LogP contribution in [0, 0.1) is 12.7 Å². The number of rotatable bonds is 5. The Morgan fingerprint density at radius 1 is 1.35 bits per heavy atom. The van der Waals surface area contributed by atoms with Crippen LogP contribution >= 0.6 is 15.9 Å². The van der Waals surface area contributed by atoms with Crippen molar-refractivity contribution in [2.45, 2.75) is 20.3 Å². The summed E-state index contributed by atoms with van der Waals surface area (Å²) in [6, 6.07) is 4.92. The molecule has 0 saturated carbocycles. The average Bonchev–Trinajstić information content (AvgIpc) is 2.43. The third kappa shape index (κ3) is 3.66. The molecule has 4 nitrogen and oxygen atoms in total. The third-order valence-corrected chi connectivity index (χ3v) is 3.33. The normalized spacial score (nSPS) is 10.4. The van der Waals surface area contributed by atoms with Crippen molar-refractivity contribution in [3.05, 3.63) is 40.2 Å². The largest absolute Gasteiger partial charge is 0.354 e. The molecule has 0 amide bonds. The maximum atomic E-state index is 13.6. The molecular formula is C14H16BrFN4. The number of halogens is 2. The summed E-state index contributed by atoms with van der Waals surface area (Å²) in [6.45, 7) is 4.79. The van der Waals surface area contributed by atoms with Gasteiger partial charge in [0.15, 0.2) is 0 Å². The number of anilines is 3. The van der Waals surface area contributed by atoms with Gasteiger partial charge in [-0.1, -0.05) is 6.92 Å². The Morgan fingerprint density at radius 3 is 2.90 bits per heavy atom. The molecule has 1 aromatic carbocycles. The van der Waals surface area contributed by atoms with Crippen LogP contribution < -0.4 is 10.6 Å². The molecule has 0 fully saturated rings. The van der Waals surface area contributed by atoms with Crippen molar-refractivity contribution in [2.75, 3.05) is 17.2 Å². The van der Waals surface area contributed by atoms with E-state index in [2.05, 4.69) is 43.5 Å². The lowest BCUT2D eigenvalue weighted by atomic mass is 10.2. The highest BCUT2D eigenvalue weighted by Gasteiger charge is 2.06. The van der Waals surface area contributed by atoms with Crippen molar-refractivity contribution in [1.82, 2.24) is 9.97 Å². The van der Waals surface area contributed by atoms with Crippen LogP contribution in [0.3, 0.4) is 0 Å². The van der Waals surface area contributed by atoms with Crippen molar-refractivity contribution in [2.24, 2.45) is 0 Å². The van der Waals surface area contributed by atoms with Gasteiger partial charge in [-0.25, -0.2) is 9.37 Å². The van der Waals surface area contributed by atoms with E-state index in [0.29, 0.717) is 21.9 Å². The van der Waals surface area contributed by atoms with E-state index in [-0.39, 0.29) is 5.82 Å². The summed E-state index contributed by atoms with van der Waals surface area (Å²) < 4.78 is 14.0. The van der Waals surface area contributed by atoms with E-state index >= 15 is 0 Å². The summed E-state index contributed by atoms with van der Waals surface area (Å²) in [5, 5.41) is 6.22. The summed E-state index contributed by atoms with van der Waals surface area (Å²) in [5.74, 6) is 0.881. The first kappa shape index (κ1) is 14.7. The van der Waals surface area contributed by atoms with Gasteiger partial charge in [0, 0.05) is 18.4 Å². The molecule has 0 spiro atoms. The van der Waals surface area contributed by atoms with Gasteiger partial charge in [-0.15, -0.1) is 0 Å². The standard InChI is InChI=1S/C14H16BrFN4/c1-3-5-17-14-18-6-4-13(20-14)19-12-8-11(16)10(15)7-9(12)2/h4,6-8H,3,5H2,1-2H3,(H2,17,18,19,20). The summed E-state index contributed by atoms with van der Waals surface area (Å²) in [4.78, 5) is 8.46. The molecule has 0 unspecified atom stereocenters. The molecule has 0 bridgehead atoms. The molecule has 20 heavy (non-hydrogen) atoms. The van der Waals surface area contributed by atoms with Crippen molar-refractivity contribution in [3.8, 4) is 0 Å². The Bertz CT molecular complexity index is 604. The van der Waals surface area contributed by atoms with Crippen LogP contribution in [-0.4, -0.2) is 16.5 Å². The highest BCUT2D eigenvalue weighted by Crippen LogP contribution is 2.26. The number of hydrogen-bond donors (Lipinski definition) is 2. The van der Waals surface area contributed by atoms with Gasteiger partial charge in [0.2, 0.25) is 5.95 Å². The SMILES string of the molecule is CCCNc1nccc(Nc2cc(F)c(Br)cc2C)n1. The Kier molecular flexibility index (Phi) is 4.89. The lowest BCUT2D eigenvalue weighted by Gasteiger charge is -2.11. The highest BCUT2D eigenvalue weighted by molar-refractivity contribution is 9.10. The average molecular weight is 339 g/mol. The van der Waals surface area contributed by atoms with Gasteiger partial charge in [0.1, 0.15) is 11.6 Å². The molecule has 0 aliphatic carbocycles. The van der Waals surface area contributed by atoms with Crippen molar-refractivity contribution < 1.29 is 4.39 Å². The van der Waals surface area contributed by atoms with Crippen LogP contribution in [0.5, 0.6) is 0 Å². The maximum absolute atomic E-state index is 13.6. The third-order valence-electron chi connectivity index (χ3n) is 2.72. The first-order chi connectivity index (χ1) is 9.60. The lowest BCUT2D eigenvalue weighted by molar-refractivity contribution is 0.621. The smallest absolute Gasteiger partial charge is 0.224 e. The Morgan fingerprint density at radius 2 is 2.15 bits per heavy atom. The Labute approximate surface area is 126 Å². The van der Waals surface area contributed by atoms with Crippen LogP contribution in [0.4, 0.5) is 21.8 Å². The van der Waals surface area contributed by atoms with Crippen LogP contribution in [0.15, 0.2) is 28.9 Å². The van der Waals surface area contributed by atoms with Gasteiger partial charge in [0.25, 0.3) is 0 Å². The van der Waals surface area contributed by atoms with E-state index in [0.717, 1.165) is 18.5 Å². The molecule has 1 heterocycles. The van der Waals surface area contributed by atoms with Gasteiger partial charge in [-0.3, -0.25) is 0 Å². The van der Waals surface area contributed by atoms with Gasteiger partial charge < -0.3 is 10.6 Å². The minimum absolute atomic E-state index is 0.309. The van der Waals surface area contributed by atoms with Gasteiger partial charge in [-0.05, 0) is 53.0 Å². The zero-order valence-corrected chi connectivity index (χ0v) is 13.0. The monoisotopic (exact) mass is 338 g/mol. The first-order valence-corrected chi connectivity index (χ1v) is 7.19. The van der Waals surface area contributed by atoms with Crippen molar-refractivity contribution in [3.63, 3.8) is 0 Å². The number of nitrogens with zero attached hydrogens (tertiary/aromatic N) is 2. The van der Waals surface area contributed by atoms with Crippen molar-refractivity contribution in [1.29, 1.82) is 0 Å². The number of aryl methyl sites for hydroxylation is 1.